The van der Waals surface area contributed by atoms with Gasteiger partial charge in [0.05, 0.1) is 18.8 Å². The van der Waals surface area contributed by atoms with Gasteiger partial charge in [0.2, 0.25) is 5.41 Å². The fraction of sp³-hybridized carbons (Fsp3) is 0.360. The summed E-state index contributed by atoms with van der Waals surface area (Å²) >= 11 is 0. The molecule has 5 heteroatoms. The summed E-state index contributed by atoms with van der Waals surface area (Å²) in [7, 11) is 0. The molecule has 1 fully saturated rings. The predicted octanol–water partition coefficient (Wildman–Crippen LogP) is 4.73. The molecule has 1 aliphatic rings. The quantitative estimate of drug-likeness (QED) is 0.511. The van der Waals surface area contributed by atoms with E-state index in [1.165, 1.54) is 0 Å². The molecule has 1 aliphatic heterocycles. The number of rotatable bonds is 6. The summed E-state index contributed by atoms with van der Waals surface area (Å²) < 4.78 is 17.3. The number of hydrogen-bond acceptors (Lipinski definition) is 5. The molecule has 1 heterocycles. The van der Waals surface area contributed by atoms with E-state index in [4.69, 9.17) is 14.2 Å². The monoisotopic (exact) mass is 408 g/mol. The normalized spacial score (nSPS) is 20.7. The van der Waals surface area contributed by atoms with Gasteiger partial charge in [0.1, 0.15) is 6.10 Å². The van der Waals surface area contributed by atoms with E-state index in [1.807, 2.05) is 80.6 Å². The summed E-state index contributed by atoms with van der Waals surface area (Å²) in [5, 5.41) is 0. The minimum absolute atomic E-state index is 0.139. The van der Waals surface area contributed by atoms with Crippen LogP contribution in [0.25, 0.3) is 6.08 Å². The molecule has 30 heavy (non-hydrogen) atoms. The van der Waals surface area contributed by atoms with E-state index in [9.17, 15) is 9.59 Å². The zero-order valence-corrected chi connectivity index (χ0v) is 17.9. The molecular formula is C25H28O5. The van der Waals surface area contributed by atoms with Crippen molar-refractivity contribution in [2.75, 3.05) is 13.2 Å². The van der Waals surface area contributed by atoms with Gasteiger partial charge in [-0.15, -0.1) is 0 Å². The second kappa shape index (κ2) is 8.84. The molecule has 158 valence electrons. The summed E-state index contributed by atoms with van der Waals surface area (Å²) in [5.74, 6) is -1.32. The lowest BCUT2D eigenvalue weighted by molar-refractivity contribution is -0.174. The van der Waals surface area contributed by atoms with E-state index in [0.717, 1.165) is 5.56 Å². The van der Waals surface area contributed by atoms with Crippen molar-refractivity contribution in [3.63, 3.8) is 0 Å². The van der Waals surface area contributed by atoms with Crippen LogP contribution in [0.3, 0.4) is 0 Å². The van der Waals surface area contributed by atoms with E-state index >= 15 is 0 Å². The van der Waals surface area contributed by atoms with Gasteiger partial charge < -0.3 is 14.2 Å². The smallest absolute Gasteiger partial charge is 0.330 e. The fourth-order valence-electron chi connectivity index (χ4n) is 4.02. The minimum atomic E-state index is -1.74. The molecule has 0 aliphatic carbocycles. The Balaban J connectivity index is 2.32. The van der Waals surface area contributed by atoms with Gasteiger partial charge in [0.15, 0.2) is 0 Å². The summed E-state index contributed by atoms with van der Waals surface area (Å²) in [5.41, 5.74) is -0.561. The number of esters is 2. The summed E-state index contributed by atoms with van der Waals surface area (Å²) in [6.07, 6.45) is 0.971. The molecule has 1 saturated heterocycles. The van der Waals surface area contributed by atoms with Crippen molar-refractivity contribution in [3.8, 4) is 0 Å². The van der Waals surface area contributed by atoms with Crippen LogP contribution in [0.15, 0.2) is 66.2 Å². The van der Waals surface area contributed by atoms with Gasteiger partial charge >= 0.3 is 11.9 Å². The predicted molar refractivity (Wildman–Crippen MR) is 114 cm³/mol. The summed E-state index contributed by atoms with van der Waals surface area (Å²) in [6.45, 7) is 7.43. The first-order chi connectivity index (χ1) is 14.4. The SMILES string of the molecule is CCOC(=O)C1(C(=O)OCC)/C(=C/c2ccccc2)C(C)(C)OC1c1ccccc1. The molecule has 0 spiro atoms. The minimum Gasteiger partial charge on any atom is -0.465 e. The van der Waals surface area contributed by atoms with Crippen LogP contribution in [0, 0.1) is 5.41 Å². The highest BCUT2D eigenvalue weighted by Crippen LogP contribution is 2.58. The highest BCUT2D eigenvalue weighted by atomic mass is 16.6. The average molecular weight is 408 g/mol. The third-order valence-electron chi connectivity index (χ3n) is 5.29. The Morgan fingerprint density at radius 1 is 0.900 bits per heavy atom. The first-order valence-electron chi connectivity index (χ1n) is 10.2. The Hall–Kier alpha value is -2.92. The van der Waals surface area contributed by atoms with Gasteiger partial charge in [-0.1, -0.05) is 66.7 Å². The van der Waals surface area contributed by atoms with Crippen molar-refractivity contribution in [1.29, 1.82) is 0 Å². The zero-order valence-electron chi connectivity index (χ0n) is 17.9. The standard InChI is InChI=1S/C25H28O5/c1-5-28-22(26)25(23(27)29-6-2)20(17-18-13-9-7-10-14-18)24(3,4)30-21(25)19-15-11-8-12-16-19/h7-17,21H,5-6H2,1-4H3/b20-17+. The molecule has 3 rings (SSSR count). The van der Waals surface area contributed by atoms with E-state index in [-0.39, 0.29) is 13.2 Å². The molecule has 0 saturated carbocycles. The van der Waals surface area contributed by atoms with Crippen molar-refractivity contribution in [1.82, 2.24) is 0 Å². The van der Waals surface area contributed by atoms with E-state index in [1.54, 1.807) is 13.8 Å². The van der Waals surface area contributed by atoms with Gasteiger partial charge in [-0.25, -0.2) is 0 Å². The van der Waals surface area contributed by atoms with Crippen LogP contribution in [0.4, 0.5) is 0 Å². The van der Waals surface area contributed by atoms with Crippen molar-refractivity contribution in [2.24, 2.45) is 5.41 Å². The Bertz CT molecular complexity index is 897. The topological polar surface area (TPSA) is 61.8 Å². The first-order valence-corrected chi connectivity index (χ1v) is 10.2. The van der Waals surface area contributed by atoms with Crippen molar-refractivity contribution in [3.05, 3.63) is 77.4 Å². The maximum Gasteiger partial charge on any atom is 0.330 e. The largest absolute Gasteiger partial charge is 0.465 e. The van der Waals surface area contributed by atoms with Gasteiger partial charge in [-0.05, 0) is 44.4 Å². The average Bonchev–Trinajstić information content (AvgIpc) is 2.98. The molecule has 0 N–H and O–H groups in total. The number of carbonyl (C=O) groups excluding carboxylic acids is 2. The fourth-order valence-corrected chi connectivity index (χ4v) is 4.02. The van der Waals surface area contributed by atoms with E-state index in [2.05, 4.69) is 0 Å². The van der Waals surface area contributed by atoms with Crippen LogP contribution in [-0.4, -0.2) is 30.8 Å². The summed E-state index contributed by atoms with van der Waals surface area (Å²) in [4.78, 5) is 27.0. The first kappa shape index (κ1) is 21.8. The highest BCUT2D eigenvalue weighted by molar-refractivity contribution is 6.06. The van der Waals surface area contributed by atoms with Gasteiger partial charge in [-0.2, -0.15) is 0 Å². The van der Waals surface area contributed by atoms with Crippen LogP contribution in [0.1, 0.15) is 44.9 Å². The van der Waals surface area contributed by atoms with Crippen LogP contribution in [-0.2, 0) is 23.8 Å². The second-order valence-electron chi connectivity index (χ2n) is 7.64. The lowest BCUT2D eigenvalue weighted by Crippen LogP contribution is -2.46. The van der Waals surface area contributed by atoms with Crippen LogP contribution < -0.4 is 0 Å². The van der Waals surface area contributed by atoms with Crippen molar-refractivity contribution >= 4 is 18.0 Å². The lowest BCUT2D eigenvalue weighted by atomic mass is 9.70. The Kier molecular flexibility index (Phi) is 6.42. The maximum atomic E-state index is 13.5. The van der Waals surface area contributed by atoms with Crippen LogP contribution in [0.2, 0.25) is 0 Å². The van der Waals surface area contributed by atoms with Gasteiger partial charge in [-0.3, -0.25) is 9.59 Å². The molecule has 0 radical (unpaired) electrons. The molecule has 0 bridgehead atoms. The van der Waals surface area contributed by atoms with E-state index < -0.39 is 29.1 Å². The molecular weight excluding hydrogens is 380 g/mol. The molecule has 1 atom stereocenters. The number of hydrogen-bond donors (Lipinski definition) is 0. The Labute approximate surface area is 177 Å². The van der Waals surface area contributed by atoms with E-state index in [0.29, 0.717) is 11.1 Å². The van der Waals surface area contributed by atoms with Crippen molar-refractivity contribution < 1.29 is 23.8 Å². The molecule has 1 unspecified atom stereocenters. The van der Waals surface area contributed by atoms with Gasteiger partial charge in [0.25, 0.3) is 0 Å². The Morgan fingerprint density at radius 3 is 1.90 bits per heavy atom. The van der Waals surface area contributed by atoms with Crippen molar-refractivity contribution in [2.45, 2.75) is 39.4 Å². The zero-order chi connectivity index (χ0) is 21.8. The molecule has 0 amide bonds. The third kappa shape index (κ3) is 3.77. The van der Waals surface area contributed by atoms with Gasteiger partial charge in [0, 0.05) is 0 Å². The molecule has 0 aromatic heterocycles. The number of ether oxygens (including phenoxy) is 3. The second-order valence-corrected chi connectivity index (χ2v) is 7.64. The number of carbonyl (C=O) groups is 2. The summed E-state index contributed by atoms with van der Waals surface area (Å²) in [6, 6.07) is 18.8. The Morgan fingerprint density at radius 2 is 1.40 bits per heavy atom. The maximum absolute atomic E-state index is 13.5. The number of benzene rings is 2. The molecule has 2 aromatic rings. The molecule has 5 nitrogen and oxygen atoms in total. The third-order valence-corrected chi connectivity index (χ3v) is 5.29. The van der Waals surface area contributed by atoms with Crippen LogP contribution >= 0.6 is 0 Å². The molecule has 2 aromatic carbocycles. The highest BCUT2D eigenvalue weighted by Gasteiger charge is 2.67. The lowest BCUT2D eigenvalue weighted by Gasteiger charge is -2.31. The van der Waals surface area contributed by atoms with Crippen LogP contribution in [0.5, 0.6) is 0 Å².